The number of fused-ring (bicyclic) bond motifs is 1. The monoisotopic (exact) mass is 424 g/mol. The maximum atomic E-state index is 13.1. The van der Waals surface area contributed by atoms with Crippen LogP contribution in [0, 0.1) is 27.7 Å². The van der Waals surface area contributed by atoms with Crippen LogP contribution in [-0.2, 0) is 6.54 Å². The summed E-state index contributed by atoms with van der Waals surface area (Å²) in [5.74, 6) is 1.25. The van der Waals surface area contributed by atoms with Crippen molar-refractivity contribution in [2.24, 2.45) is 0 Å². The Bertz CT molecular complexity index is 1490. The standard InChI is InChI=1S/C26H24N4O2/c1-16-10-12-20(13-11-16)25-27-22(19(4)32-25)15-29-23(31)14-17(2)24-18(3)28-30(26(24)29)21-8-6-5-7-9-21/h5-14H,15H2,1-4H3. The number of benzene rings is 2. The molecule has 0 aliphatic carbocycles. The summed E-state index contributed by atoms with van der Waals surface area (Å²) >= 11 is 0. The lowest BCUT2D eigenvalue weighted by molar-refractivity contribution is 0.537. The Morgan fingerprint density at radius 2 is 1.66 bits per heavy atom. The van der Waals surface area contributed by atoms with Crippen LogP contribution in [0.15, 0.2) is 69.9 Å². The highest BCUT2D eigenvalue weighted by Crippen LogP contribution is 2.26. The van der Waals surface area contributed by atoms with Crippen LogP contribution >= 0.6 is 0 Å². The van der Waals surface area contributed by atoms with E-state index in [4.69, 9.17) is 14.5 Å². The van der Waals surface area contributed by atoms with Gasteiger partial charge < -0.3 is 4.42 Å². The molecule has 0 aliphatic heterocycles. The van der Waals surface area contributed by atoms with Gasteiger partial charge in [-0.1, -0.05) is 35.9 Å². The number of hydrogen-bond donors (Lipinski definition) is 0. The smallest absolute Gasteiger partial charge is 0.252 e. The second-order valence-electron chi connectivity index (χ2n) is 8.17. The van der Waals surface area contributed by atoms with Crippen LogP contribution in [-0.4, -0.2) is 19.3 Å². The molecule has 0 bridgehead atoms. The third kappa shape index (κ3) is 3.34. The summed E-state index contributed by atoms with van der Waals surface area (Å²) < 4.78 is 9.54. The molecular formula is C26H24N4O2. The van der Waals surface area contributed by atoms with Crippen molar-refractivity contribution in [2.75, 3.05) is 0 Å². The fourth-order valence-corrected chi connectivity index (χ4v) is 4.11. The van der Waals surface area contributed by atoms with Gasteiger partial charge in [-0.3, -0.25) is 9.36 Å². The number of aryl methyl sites for hydroxylation is 4. The molecule has 0 N–H and O–H groups in total. The number of aromatic nitrogens is 4. The van der Waals surface area contributed by atoms with Crippen molar-refractivity contribution in [1.29, 1.82) is 0 Å². The summed E-state index contributed by atoms with van der Waals surface area (Å²) in [6.45, 7) is 8.16. The lowest BCUT2D eigenvalue weighted by atomic mass is 10.1. The van der Waals surface area contributed by atoms with Crippen LogP contribution in [0.25, 0.3) is 28.2 Å². The van der Waals surface area contributed by atoms with Crippen molar-refractivity contribution < 1.29 is 4.42 Å². The summed E-state index contributed by atoms with van der Waals surface area (Å²) in [6.07, 6.45) is 0. The molecular weight excluding hydrogens is 400 g/mol. The molecule has 0 unspecified atom stereocenters. The zero-order chi connectivity index (χ0) is 22.4. The Morgan fingerprint density at radius 1 is 0.938 bits per heavy atom. The molecule has 0 spiro atoms. The summed E-state index contributed by atoms with van der Waals surface area (Å²) in [6, 6.07) is 19.6. The first-order valence-electron chi connectivity index (χ1n) is 10.6. The van der Waals surface area contributed by atoms with Gasteiger partial charge in [0.05, 0.1) is 17.9 Å². The molecule has 6 nitrogen and oxygen atoms in total. The minimum atomic E-state index is -0.0913. The van der Waals surface area contributed by atoms with Gasteiger partial charge in [0, 0.05) is 17.0 Å². The first-order valence-corrected chi connectivity index (χ1v) is 10.6. The van der Waals surface area contributed by atoms with E-state index in [0.29, 0.717) is 18.2 Å². The van der Waals surface area contributed by atoms with Crippen LogP contribution < -0.4 is 5.56 Å². The van der Waals surface area contributed by atoms with Gasteiger partial charge in [-0.25, -0.2) is 9.67 Å². The highest BCUT2D eigenvalue weighted by molar-refractivity contribution is 5.83. The summed E-state index contributed by atoms with van der Waals surface area (Å²) in [5.41, 5.74) is 6.19. The van der Waals surface area contributed by atoms with E-state index >= 15 is 0 Å². The van der Waals surface area contributed by atoms with E-state index in [0.717, 1.165) is 39.2 Å². The van der Waals surface area contributed by atoms with Crippen molar-refractivity contribution in [1.82, 2.24) is 19.3 Å². The fraction of sp³-hybridized carbons (Fsp3) is 0.192. The van der Waals surface area contributed by atoms with Crippen molar-refractivity contribution in [2.45, 2.75) is 34.2 Å². The average molecular weight is 425 g/mol. The van der Waals surface area contributed by atoms with E-state index in [1.165, 1.54) is 5.56 Å². The third-order valence-corrected chi connectivity index (χ3v) is 5.79. The molecule has 0 radical (unpaired) electrons. The summed E-state index contributed by atoms with van der Waals surface area (Å²) in [7, 11) is 0. The maximum absolute atomic E-state index is 13.1. The average Bonchev–Trinajstić information content (AvgIpc) is 3.32. The quantitative estimate of drug-likeness (QED) is 0.401. The minimum Gasteiger partial charge on any atom is -0.441 e. The van der Waals surface area contributed by atoms with Crippen molar-refractivity contribution in [3.63, 3.8) is 0 Å². The predicted octanol–water partition coefficient (Wildman–Crippen LogP) is 5.12. The first-order chi connectivity index (χ1) is 15.4. The molecule has 0 amide bonds. The molecule has 0 saturated carbocycles. The number of rotatable bonds is 4. The van der Waals surface area contributed by atoms with E-state index in [2.05, 4.69) is 0 Å². The second kappa shape index (κ2) is 7.64. The van der Waals surface area contributed by atoms with Gasteiger partial charge in [-0.05, 0) is 57.5 Å². The number of oxazole rings is 1. The molecule has 3 aromatic heterocycles. The summed E-state index contributed by atoms with van der Waals surface area (Å²) in [5, 5.41) is 5.74. The predicted molar refractivity (Wildman–Crippen MR) is 125 cm³/mol. The Morgan fingerprint density at radius 3 is 2.38 bits per heavy atom. The van der Waals surface area contributed by atoms with E-state index in [-0.39, 0.29) is 5.56 Å². The zero-order valence-corrected chi connectivity index (χ0v) is 18.6. The lowest BCUT2D eigenvalue weighted by Crippen LogP contribution is -2.23. The van der Waals surface area contributed by atoms with E-state index < -0.39 is 0 Å². The molecule has 2 aromatic carbocycles. The molecule has 0 saturated heterocycles. The van der Waals surface area contributed by atoms with E-state index in [1.807, 2.05) is 87.0 Å². The topological polar surface area (TPSA) is 65.8 Å². The molecule has 0 atom stereocenters. The number of pyridine rings is 1. The van der Waals surface area contributed by atoms with E-state index in [1.54, 1.807) is 10.6 Å². The van der Waals surface area contributed by atoms with Gasteiger partial charge in [-0.2, -0.15) is 5.10 Å². The minimum absolute atomic E-state index is 0.0913. The highest BCUT2D eigenvalue weighted by Gasteiger charge is 2.19. The van der Waals surface area contributed by atoms with E-state index in [9.17, 15) is 4.79 Å². The lowest BCUT2D eigenvalue weighted by Gasteiger charge is -2.11. The first kappa shape index (κ1) is 20.0. The molecule has 5 aromatic rings. The van der Waals surface area contributed by atoms with Gasteiger partial charge in [0.25, 0.3) is 5.56 Å². The zero-order valence-electron chi connectivity index (χ0n) is 18.6. The van der Waals surface area contributed by atoms with Gasteiger partial charge in [0.15, 0.2) is 0 Å². The van der Waals surface area contributed by atoms with Crippen LogP contribution in [0.2, 0.25) is 0 Å². The van der Waals surface area contributed by atoms with Crippen molar-refractivity contribution in [3.8, 4) is 17.1 Å². The normalized spacial score (nSPS) is 11.4. The van der Waals surface area contributed by atoms with Gasteiger partial charge in [0.1, 0.15) is 17.1 Å². The fourth-order valence-electron chi connectivity index (χ4n) is 4.11. The number of hydrogen-bond acceptors (Lipinski definition) is 4. The molecule has 0 fully saturated rings. The largest absolute Gasteiger partial charge is 0.441 e. The summed E-state index contributed by atoms with van der Waals surface area (Å²) in [4.78, 5) is 17.9. The molecule has 0 aliphatic rings. The van der Waals surface area contributed by atoms with Crippen LogP contribution in [0.1, 0.15) is 28.3 Å². The van der Waals surface area contributed by atoms with Crippen molar-refractivity contribution >= 4 is 11.0 Å². The second-order valence-corrected chi connectivity index (χ2v) is 8.17. The SMILES string of the molecule is Cc1ccc(-c2nc(Cn3c(=O)cc(C)c4c(C)nn(-c5ccccc5)c43)c(C)o2)cc1. The Hall–Kier alpha value is -3.93. The van der Waals surface area contributed by atoms with Crippen LogP contribution in [0.5, 0.6) is 0 Å². The molecule has 3 heterocycles. The Kier molecular flexibility index (Phi) is 4.78. The Labute approximate surface area is 185 Å². The van der Waals surface area contributed by atoms with Gasteiger partial charge in [0.2, 0.25) is 5.89 Å². The number of para-hydroxylation sites is 1. The molecule has 6 heteroatoms. The van der Waals surface area contributed by atoms with Crippen LogP contribution in [0.3, 0.4) is 0 Å². The molecule has 160 valence electrons. The van der Waals surface area contributed by atoms with Gasteiger partial charge in [-0.15, -0.1) is 0 Å². The van der Waals surface area contributed by atoms with Crippen LogP contribution in [0.4, 0.5) is 0 Å². The Balaban J connectivity index is 1.67. The molecule has 5 rings (SSSR count). The van der Waals surface area contributed by atoms with Crippen molar-refractivity contribution in [3.05, 3.63) is 99.3 Å². The third-order valence-electron chi connectivity index (χ3n) is 5.79. The molecule has 32 heavy (non-hydrogen) atoms. The highest BCUT2D eigenvalue weighted by atomic mass is 16.4. The number of nitrogens with zero attached hydrogens (tertiary/aromatic N) is 4. The van der Waals surface area contributed by atoms with Gasteiger partial charge >= 0.3 is 0 Å². The maximum Gasteiger partial charge on any atom is 0.252 e.